The molecule has 0 aromatic heterocycles. The molecule has 1 N–H and O–H groups in total. The summed E-state index contributed by atoms with van der Waals surface area (Å²) in [5.41, 5.74) is 5.06. The summed E-state index contributed by atoms with van der Waals surface area (Å²) < 4.78 is 0. The molecule has 0 spiro atoms. The van der Waals surface area contributed by atoms with Gasteiger partial charge in [0.1, 0.15) is 0 Å². The van der Waals surface area contributed by atoms with Crippen LogP contribution in [0.4, 0.5) is 0 Å². The molecule has 4 saturated carbocycles. The van der Waals surface area contributed by atoms with Gasteiger partial charge in [-0.15, -0.1) is 0 Å². The average molecular weight is 301 g/mol. The molecule has 0 heterocycles. The first kappa shape index (κ1) is 14.8. The average Bonchev–Trinajstić information content (AvgIpc) is 3.14. The lowest BCUT2D eigenvalue weighted by Gasteiger charge is -2.42. The van der Waals surface area contributed by atoms with Crippen molar-refractivity contribution in [2.24, 2.45) is 51.5 Å². The third kappa shape index (κ3) is 1.50. The monoisotopic (exact) mass is 301 g/mol. The normalized spacial score (nSPS) is 52.9. The molecule has 4 fully saturated rings. The lowest BCUT2D eigenvalue weighted by atomic mass is 9.62. The zero-order valence-corrected chi connectivity index (χ0v) is 15.0. The Labute approximate surface area is 135 Å². The number of hydrogen-bond acceptors (Lipinski definition) is 2. The molecular weight excluding hydrogens is 270 g/mol. The quantitative estimate of drug-likeness (QED) is 0.488. The van der Waals surface area contributed by atoms with E-state index >= 15 is 0 Å². The van der Waals surface area contributed by atoms with E-state index in [1.807, 2.05) is 0 Å². The van der Waals surface area contributed by atoms with Crippen LogP contribution in [0.1, 0.15) is 60.8 Å². The number of allylic oxidation sites excluding steroid dienone is 2. The molecule has 4 rings (SSSR count). The van der Waals surface area contributed by atoms with Crippen LogP contribution in [0.2, 0.25) is 0 Å². The Balaban J connectivity index is 1.81. The van der Waals surface area contributed by atoms with E-state index in [1.54, 1.807) is 5.57 Å². The summed E-state index contributed by atoms with van der Waals surface area (Å²) in [5, 5.41) is 13.5. The number of hydrogen-bond donors (Lipinski definition) is 1. The second kappa shape index (κ2) is 4.19. The number of rotatable bonds is 0. The summed E-state index contributed by atoms with van der Waals surface area (Å²) in [6, 6.07) is 0. The predicted octanol–water partition coefficient (Wildman–Crippen LogP) is 5.13. The van der Waals surface area contributed by atoms with E-state index in [0.717, 1.165) is 23.5 Å². The topological polar surface area (TPSA) is 32.6 Å². The van der Waals surface area contributed by atoms with Gasteiger partial charge in [-0.1, -0.05) is 52.3 Å². The van der Waals surface area contributed by atoms with Gasteiger partial charge in [0.15, 0.2) is 0 Å². The van der Waals surface area contributed by atoms with Gasteiger partial charge in [-0.05, 0) is 65.3 Å². The zero-order valence-electron chi connectivity index (χ0n) is 15.0. The van der Waals surface area contributed by atoms with Gasteiger partial charge in [0.2, 0.25) is 0 Å². The molecule has 6 atom stereocenters. The third-order valence-electron chi connectivity index (χ3n) is 8.88. The Hall–Kier alpha value is -0.790. The summed E-state index contributed by atoms with van der Waals surface area (Å²) in [7, 11) is 0. The van der Waals surface area contributed by atoms with Crippen LogP contribution in [-0.4, -0.2) is 10.9 Å². The SMILES string of the molecule is C[C@@H]1[C@H]2C[C@H](CC2=C2/C(=N\O)[C@@H]3C[C@H]2C(C)(C)[C@H]3C)C1(C)C. The Morgan fingerprint density at radius 3 is 2.14 bits per heavy atom. The van der Waals surface area contributed by atoms with Crippen molar-refractivity contribution in [3.05, 3.63) is 11.1 Å². The molecule has 0 aliphatic heterocycles. The fraction of sp³-hybridized carbons (Fsp3) is 0.850. The summed E-state index contributed by atoms with van der Waals surface area (Å²) >= 11 is 0. The van der Waals surface area contributed by atoms with Gasteiger partial charge in [0.25, 0.3) is 0 Å². The number of fused-ring (bicyclic) bond motifs is 4. The van der Waals surface area contributed by atoms with Gasteiger partial charge < -0.3 is 5.21 Å². The van der Waals surface area contributed by atoms with E-state index in [2.05, 4.69) is 46.7 Å². The maximum atomic E-state index is 9.70. The van der Waals surface area contributed by atoms with E-state index in [4.69, 9.17) is 0 Å². The Morgan fingerprint density at radius 1 is 0.955 bits per heavy atom. The molecule has 0 amide bonds. The Kier molecular flexibility index (Phi) is 2.81. The molecule has 122 valence electrons. The van der Waals surface area contributed by atoms with Crippen molar-refractivity contribution >= 4 is 5.71 Å². The highest BCUT2D eigenvalue weighted by Crippen LogP contribution is 2.66. The predicted molar refractivity (Wildman–Crippen MR) is 89.9 cm³/mol. The van der Waals surface area contributed by atoms with E-state index in [0.29, 0.717) is 28.6 Å². The molecule has 2 heteroatoms. The molecule has 4 bridgehead atoms. The van der Waals surface area contributed by atoms with Crippen LogP contribution in [0.25, 0.3) is 0 Å². The highest BCUT2D eigenvalue weighted by molar-refractivity contribution is 6.06. The van der Waals surface area contributed by atoms with Crippen LogP contribution in [0.3, 0.4) is 0 Å². The number of oxime groups is 1. The van der Waals surface area contributed by atoms with Crippen LogP contribution >= 0.6 is 0 Å². The minimum absolute atomic E-state index is 0.349. The molecule has 4 aliphatic carbocycles. The van der Waals surface area contributed by atoms with Crippen molar-refractivity contribution in [3.8, 4) is 0 Å². The largest absolute Gasteiger partial charge is 0.411 e. The van der Waals surface area contributed by atoms with E-state index in [1.165, 1.54) is 24.8 Å². The highest BCUT2D eigenvalue weighted by Gasteiger charge is 2.60. The van der Waals surface area contributed by atoms with Crippen molar-refractivity contribution < 1.29 is 5.21 Å². The maximum absolute atomic E-state index is 9.70. The van der Waals surface area contributed by atoms with Crippen molar-refractivity contribution in [1.82, 2.24) is 0 Å². The van der Waals surface area contributed by atoms with Crippen molar-refractivity contribution in [3.63, 3.8) is 0 Å². The second-order valence-corrected chi connectivity index (χ2v) is 9.78. The minimum Gasteiger partial charge on any atom is -0.411 e. The minimum atomic E-state index is 0.349. The Morgan fingerprint density at radius 2 is 1.59 bits per heavy atom. The van der Waals surface area contributed by atoms with Gasteiger partial charge in [-0.3, -0.25) is 0 Å². The molecule has 2 nitrogen and oxygen atoms in total. The molecule has 0 saturated heterocycles. The molecule has 4 aliphatic rings. The maximum Gasteiger partial charge on any atom is 0.0864 e. The fourth-order valence-corrected chi connectivity index (χ4v) is 6.55. The first-order chi connectivity index (χ1) is 10.2. The van der Waals surface area contributed by atoms with E-state index in [-0.39, 0.29) is 0 Å². The van der Waals surface area contributed by atoms with Crippen molar-refractivity contribution in [2.45, 2.75) is 60.8 Å². The van der Waals surface area contributed by atoms with Gasteiger partial charge >= 0.3 is 0 Å². The summed E-state index contributed by atoms with van der Waals surface area (Å²) in [6.07, 6.45) is 3.82. The summed E-state index contributed by atoms with van der Waals surface area (Å²) in [5.74, 6) is 4.04. The van der Waals surface area contributed by atoms with Gasteiger partial charge in [-0.2, -0.15) is 0 Å². The highest BCUT2D eigenvalue weighted by atomic mass is 16.4. The van der Waals surface area contributed by atoms with Crippen LogP contribution in [0, 0.1) is 46.3 Å². The standard InChI is InChI=1S/C20H31NO/c1-10-13-7-12(19(10,3)4)8-15(13)17-16-9-14(18(17)21-22)11(2)20(16,5)6/h10-14,16,22H,7-9H2,1-6H3/b17-15?,21-18-/t10-,11+,12-,13-,14-,16-/m1/s1. The zero-order chi connectivity index (χ0) is 16.0. The molecule has 0 aromatic rings. The van der Waals surface area contributed by atoms with Crippen molar-refractivity contribution in [1.29, 1.82) is 0 Å². The lowest BCUT2D eigenvalue weighted by molar-refractivity contribution is 0.160. The summed E-state index contributed by atoms with van der Waals surface area (Å²) in [6.45, 7) is 14.6. The van der Waals surface area contributed by atoms with E-state index < -0.39 is 0 Å². The van der Waals surface area contributed by atoms with Gasteiger partial charge in [0, 0.05) is 5.92 Å². The molecule has 0 aromatic carbocycles. The lowest BCUT2D eigenvalue weighted by Crippen LogP contribution is -2.37. The van der Waals surface area contributed by atoms with Crippen LogP contribution in [0.15, 0.2) is 16.3 Å². The fourth-order valence-electron chi connectivity index (χ4n) is 6.55. The third-order valence-corrected chi connectivity index (χ3v) is 8.88. The molecule has 0 unspecified atom stereocenters. The van der Waals surface area contributed by atoms with Gasteiger partial charge in [-0.25, -0.2) is 0 Å². The molecular formula is C20H31NO. The first-order valence-electron chi connectivity index (χ1n) is 9.16. The first-order valence-corrected chi connectivity index (χ1v) is 9.16. The smallest absolute Gasteiger partial charge is 0.0864 e. The summed E-state index contributed by atoms with van der Waals surface area (Å²) in [4.78, 5) is 0. The number of nitrogens with zero attached hydrogens (tertiary/aromatic N) is 1. The van der Waals surface area contributed by atoms with E-state index in [9.17, 15) is 5.21 Å². The molecule has 0 radical (unpaired) electrons. The second-order valence-electron chi connectivity index (χ2n) is 9.78. The van der Waals surface area contributed by atoms with Crippen LogP contribution in [0.5, 0.6) is 0 Å². The Bertz CT molecular complexity index is 579. The van der Waals surface area contributed by atoms with Crippen LogP contribution in [-0.2, 0) is 0 Å². The van der Waals surface area contributed by atoms with Crippen molar-refractivity contribution in [2.75, 3.05) is 0 Å². The molecule has 22 heavy (non-hydrogen) atoms. The van der Waals surface area contributed by atoms with Gasteiger partial charge in [0.05, 0.1) is 5.71 Å². The van der Waals surface area contributed by atoms with Crippen LogP contribution < -0.4 is 0 Å².